The summed E-state index contributed by atoms with van der Waals surface area (Å²) in [6.45, 7) is 1.46. The molecule has 1 atom stereocenters. The van der Waals surface area contributed by atoms with Crippen molar-refractivity contribution in [1.82, 2.24) is 0 Å². The van der Waals surface area contributed by atoms with Gasteiger partial charge in [-0.2, -0.15) is 0 Å². The van der Waals surface area contributed by atoms with Crippen LogP contribution in [0.1, 0.15) is 28.3 Å². The van der Waals surface area contributed by atoms with Crippen LogP contribution in [0.25, 0.3) is 0 Å². The first-order valence-corrected chi connectivity index (χ1v) is 7.87. The van der Waals surface area contributed by atoms with Crippen molar-refractivity contribution in [3.05, 3.63) is 63.9 Å². The van der Waals surface area contributed by atoms with E-state index in [0.717, 1.165) is 18.6 Å². The van der Waals surface area contributed by atoms with E-state index >= 15 is 0 Å². The van der Waals surface area contributed by atoms with Crippen LogP contribution in [0.15, 0.2) is 46.9 Å². The van der Waals surface area contributed by atoms with Gasteiger partial charge in [0.1, 0.15) is 5.82 Å². The Morgan fingerprint density at radius 1 is 1.27 bits per heavy atom. The zero-order valence-electron chi connectivity index (χ0n) is 11.8. The molecule has 0 aromatic heterocycles. The van der Waals surface area contributed by atoms with Crippen molar-refractivity contribution in [1.29, 1.82) is 0 Å². The molecule has 1 amide bonds. The van der Waals surface area contributed by atoms with Gasteiger partial charge in [0.05, 0.1) is 11.1 Å². The molecule has 114 valence electrons. The van der Waals surface area contributed by atoms with Gasteiger partial charge in [-0.3, -0.25) is 4.79 Å². The van der Waals surface area contributed by atoms with E-state index in [2.05, 4.69) is 21.2 Å². The van der Waals surface area contributed by atoms with Crippen LogP contribution in [0.3, 0.4) is 0 Å². The van der Waals surface area contributed by atoms with E-state index in [0.29, 0.717) is 28.2 Å². The van der Waals surface area contributed by atoms with Crippen LogP contribution >= 0.6 is 15.9 Å². The van der Waals surface area contributed by atoms with Crippen molar-refractivity contribution in [2.45, 2.75) is 12.3 Å². The molecule has 1 N–H and O–H groups in total. The SMILES string of the molecule is O=C(Nc1ccc(Br)c(F)c1)c1cccc(C2CCOC2)c1. The second-order valence-corrected chi connectivity index (χ2v) is 6.12. The van der Waals surface area contributed by atoms with Gasteiger partial charge in [0.25, 0.3) is 5.91 Å². The summed E-state index contributed by atoms with van der Waals surface area (Å²) < 4.78 is 19.2. The van der Waals surface area contributed by atoms with Crippen LogP contribution < -0.4 is 5.32 Å². The summed E-state index contributed by atoms with van der Waals surface area (Å²) in [5.41, 5.74) is 2.10. The molecule has 0 spiro atoms. The predicted octanol–water partition coefficient (Wildman–Crippen LogP) is 4.34. The average Bonchev–Trinajstić information content (AvgIpc) is 3.05. The maximum absolute atomic E-state index is 13.5. The largest absolute Gasteiger partial charge is 0.381 e. The van der Waals surface area contributed by atoms with Crippen LogP contribution in [0.4, 0.5) is 10.1 Å². The number of rotatable bonds is 3. The molecule has 2 aromatic rings. The molecule has 3 rings (SSSR count). The molecule has 1 aliphatic rings. The summed E-state index contributed by atoms with van der Waals surface area (Å²) in [5, 5.41) is 2.71. The lowest BCUT2D eigenvalue weighted by Gasteiger charge is -2.10. The molecule has 1 heterocycles. The Kier molecular flexibility index (Phi) is 4.55. The van der Waals surface area contributed by atoms with Crippen LogP contribution in [-0.4, -0.2) is 19.1 Å². The van der Waals surface area contributed by atoms with E-state index in [1.165, 1.54) is 6.07 Å². The molecule has 1 aliphatic heterocycles. The smallest absolute Gasteiger partial charge is 0.255 e. The molecule has 0 radical (unpaired) electrons. The number of nitrogens with one attached hydrogen (secondary N) is 1. The molecule has 1 saturated heterocycles. The van der Waals surface area contributed by atoms with Gasteiger partial charge in [0.15, 0.2) is 0 Å². The topological polar surface area (TPSA) is 38.3 Å². The van der Waals surface area contributed by atoms with E-state index in [-0.39, 0.29) is 5.91 Å². The van der Waals surface area contributed by atoms with Crippen LogP contribution in [0.2, 0.25) is 0 Å². The third-order valence-electron chi connectivity index (χ3n) is 3.73. The van der Waals surface area contributed by atoms with Gasteiger partial charge in [0, 0.05) is 23.8 Å². The Morgan fingerprint density at radius 2 is 2.14 bits per heavy atom. The highest BCUT2D eigenvalue weighted by atomic mass is 79.9. The lowest BCUT2D eigenvalue weighted by molar-refractivity contribution is 0.102. The molecular weight excluding hydrogens is 349 g/mol. The van der Waals surface area contributed by atoms with E-state index in [9.17, 15) is 9.18 Å². The van der Waals surface area contributed by atoms with E-state index < -0.39 is 5.82 Å². The molecule has 2 aromatic carbocycles. The summed E-state index contributed by atoms with van der Waals surface area (Å²) in [7, 11) is 0. The summed E-state index contributed by atoms with van der Waals surface area (Å²) in [6, 6.07) is 12.0. The monoisotopic (exact) mass is 363 g/mol. The van der Waals surface area contributed by atoms with Crippen LogP contribution in [0.5, 0.6) is 0 Å². The average molecular weight is 364 g/mol. The van der Waals surface area contributed by atoms with Crippen molar-refractivity contribution in [3.63, 3.8) is 0 Å². The lowest BCUT2D eigenvalue weighted by atomic mass is 9.96. The zero-order chi connectivity index (χ0) is 15.5. The fourth-order valence-corrected chi connectivity index (χ4v) is 2.76. The lowest BCUT2D eigenvalue weighted by Crippen LogP contribution is -2.12. The Labute approximate surface area is 136 Å². The summed E-state index contributed by atoms with van der Waals surface area (Å²) >= 11 is 3.09. The second-order valence-electron chi connectivity index (χ2n) is 5.27. The first-order chi connectivity index (χ1) is 10.6. The quantitative estimate of drug-likeness (QED) is 0.880. The first-order valence-electron chi connectivity index (χ1n) is 7.07. The van der Waals surface area contributed by atoms with Crippen molar-refractivity contribution >= 4 is 27.5 Å². The number of anilines is 1. The molecule has 0 aliphatic carbocycles. The number of ether oxygens (including phenoxy) is 1. The predicted molar refractivity (Wildman–Crippen MR) is 86.7 cm³/mol. The number of hydrogen-bond donors (Lipinski definition) is 1. The number of amides is 1. The highest BCUT2D eigenvalue weighted by Crippen LogP contribution is 2.26. The molecule has 22 heavy (non-hydrogen) atoms. The van der Waals surface area contributed by atoms with Gasteiger partial charge >= 0.3 is 0 Å². The first kappa shape index (κ1) is 15.2. The minimum absolute atomic E-state index is 0.248. The van der Waals surface area contributed by atoms with Gasteiger partial charge < -0.3 is 10.1 Å². The highest BCUT2D eigenvalue weighted by molar-refractivity contribution is 9.10. The summed E-state index contributed by atoms with van der Waals surface area (Å²) in [5.74, 6) is -0.310. The Bertz CT molecular complexity index is 699. The number of carbonyl (C=O) groups is 1. The second kappa shape index (κ2) is 6.58. The zero-order valence-corrected chi connectivity index (χ0v) is 13.4. The maximum atomic E-state index is 13.5. The van der Waals surface area contributed by atoms with E-state index in [1.807, 2.05) is 18.2 Å². The number of halogens is 2. The molecule has 3 nitrogen and oxygen atoms in total. The molecule has 1 fully saturated rings. The molecule has 1 unspecified atom stereocenters. The molecule has 5 heteroatoms. The van der Waals surface area contributed by atoms with Crippen molar-refractivity contribution in [3.8, 4) is 0 Å². The van der Waals surface area contributed by atoms with Gasteiger partial charge in [0.2, 0.25) is 0 Å². The Morgan fingerprint density at radius 3 is 2.86 bits per heavy atom. The fourth-order valence-electron chi connectivity index (χ4n) is 2.51. The fraction of sp³-hybridized carbons (Fsp3) is 0.235. The third-order valence-corrected chi connectivity index (χ3v) is 4.37. The molecular formula is C17H15BrFNO2. The van der Waals surface area contributed by atoms with Crippen molar-refractivity contribution < 1.29 is 13.9 Å². The maximum Gasteiger partial charge on any atom is 0.255 e. The van der Waals surface area contributed by atoms with Crippen LogP contribution in [-0.2, 0) is 4.74 Å². The summed E-state index contributed by atoms with van der Waals surface area (Å²) in [6.07, 6.45) is 0.975. The van der Waals surface area contributed by atoms with Gasteiger partial charge in [-0.1, -0.05) is 12.1 Å². The minimum atomic E-state index is -0.408. The van der Waals surface area contributed by atoms with Crippen LogP contribution in [0, 0.1) is 5.82 Å². The van der Waals surface area contributed by atoms with Gasteiger partial charge in [-0.25, -0.2) is 4.39 Å². The van der Waals surface area contributed by atoms with Crippen molar-refractivity contribution in [2.75, 3.05) is 18.5 Å². The minimum Gasteiger partial charge on any atom is -0.381 e. The van der Waals surface area contributed by atoms with Crippen molar-refractivity contribution in [2.24, 2.45) is 0 Å². The number of benzene rings is 2. The highest BCUT2D eigenvalue weighted by Gasteiger charge is 2.18. The normalized spacial score (nSPS) is 17.5. The third kappa shape index (κ3) is 3.36. The summed E-state index contributed by atoms with van der Waals surface area (Å²) in [4.78, 5) is 12.3. The standard InChI is InChI=1S/C17H15BrFNO2/c18-15-5-4-14(9-16(15)19)20-17(21)12-3-1-2-11(8-12)13-6-7-22-10-13/h1-5,8-9,13H,6-7,10H2,(H,20,21). The number of carbonyl (C=O) groups excluding carboxylic acids is 1. The van der Waals surface area contributed by atoms with E-state index in [4.69, 9.17) is 4.74 Å². The van der Waals surface area contributed by atoms with Gasteiger partial charge in [-0.05, 0) is 58.2 Å². The Balaban J connectivity index is 1.76. The number of hydrogen-bond acceptors (Lipinski definition) is 2. The van der Waals surface area contributed by atoms with Gasteiger partial charge in [-0.15, -0.1) is 0 Å². The Hall–Kier alpha value is -1.72. The van der Waals surface area contributed by atoms with E-state index in [1.54, 1.807) is 18.2 Å². The molecule has 0 saturated carbocycles. The molecule has 0 bridgehead atoms.